The summed E-state index contributed by atoms with van der Waals surface area (Å²) in [5, 5.41) is 0. The summed E-state index contributed by atoms with van der Waals surface area (Å²) in [6.45, 7) is 7.92. The molecule has 0 aliphatic heterocycles. The number of rotatable bonds is 5. The second kappa shape index (κ2) is 8.27. The summed E-state index contributed by atoms with van der Waals surface area (Å²) in [5.41, 5.74) is 1.44. The summed E-state index contributed by atoms with van der Waals surface area (Å²) >= 11 is 0. The van der Waals surface area contributed by atoms with Gasteiger partial charge in [-0.25, -0.2) is 0 Å². The van der Waals surface area contributed by atoms with Crippen molar-refractivity contribution in [1.82, 2.24) is 4.90 Å². The Kier molecular flexibility index (Phi) is 8.24. The quantitative estimate of drug-likeness (QED) is 0.665. The summed E-state index contributed by atoms with van der Waals surface area (Å²) in [4.78, 5) is 2.45. The number of hydrogen-bond acceptors (Lipinski definition) is 1. The third-order valence-electron chi connectivity index (χ3n) is 2.45. The Bertz CT molecular complexity index is 228. The van der Waals surface area contributed by atoms with Crippen molar-refractivity contribution in [3.05, 3.63) is 35.9 Å². The normalized spacial score (nSPS) is 9.93. The fourth-order valence-electron chi connectivity index (χ4n) is 1.47. The first-order valence-corrected chi connectivity index (χ1v) is 5.13. The van der Waals surface area contributed by atoms with Crippen LogP contribution in [0.1, 0.15) is 22.3 Å². The third kappa shape index (κ3) is 4.98. The van der Waals surface area contributed by atoms with Crippen molar-refractivity contribution in [2.45, 2.75) is 20.3 Å². The van der Waals surface area contributed by atoms with Crippen LogP contribution in [-0.2, 0) is 6.42 Å². The first-order valence-electron chi connectivity index (χ1n) is 5.13. The van der Waals surface area contributed by atoms with E-state index in [9.17, 15) is 0 Å². The maximum Gasteiger partial charge on any atom is 2.00 e. The molecule has 0 radical (unpaired) electrons. The Morgan fingerprint density at radius 1 is 1.07 bits per heavy atom. The SMILES string of the molecule is CCN(CC)CCc1ccccc1.[H-].[H-].[Mg+2]. The van der Waals surface area contributed by atoms with Crippen LogP contribution < -0.4 is 0 Å². The van der Waals surface area contributed by atoms with E-state index in [-0.39, 0.29) is 25.9 Å². The van der Waals surface area contributed by atoms with Gasteiger partial charge in [-0.2, -0.15) is 0 Å². The summed E-state index contributed by atoms with van der Waals surface area (Å²) in [6.07, 6.45) is 1.17. The van der Waals surface area contributed by atoms with Crippen LogP contribution in [0, 0.1) is 0 Å². The van der Waals surface area contributed by atoms with E-state index in [4.69, 9.17) is 0 Å². The molecule has 0 unspecified atom stereocenters. The van der Waals surface area contributed by atoms with Crippen molar-refractivity contribution in [2.24, 2.45) is 0 Å². The van der Waals surface area contributed by atoms with Crippen LogP contribution in [0.5, 0.6) is 0 Å². The fourth-order valence-corrected chi connectivity index (χ4v) is 1.47. The second-order valence-electron chi connectivity index (χ2n) is 3.26. The summed E-state index contributed by atoms with van der Waals surface area (Å²) < 4.78 is 0. The summed E-state index contributed by atoms with van der Waals surface area (Å²) in [7, 11) is 0. The van der Waals surface area contributed by atoms with Crippen molar-refractivity contribution >= 4 is 23.1 Å². The molecular formula is C12H21MgN. The van der Waals surface area contributed by atoms with Gasteiger partial charge in [0.05, 0.1) is 0 Å². The minimum Gasteiger partial charge on any atom is -1.00 e. The van der Waals surface area contributed by atoms with Gasteiger partial charge in [-0.3, -0.25) is 0 Å². The standard InChI is InChI=1S/C12H19N.Mg.2H/c1-3-13(4-2)11-10-12-8-6-5-7-9-12;;;/h5-9H,3-4,10-11H2,1-2H3;;;/q;+2;2*-1. The molecule has 0 bridgehead atoms. The van der Waals surface area contributed by atoms with Gasteiger partial charge in [-0.05, 0) is 25.1 Å². The van der Waals surface area contributed by atoms with Crippen molar-refractivity contribution in [3.8, 4) is 0 Å². The summed E-state index contributed by atoms with van der Waals surface area (Å²) in [5.74, 6) is 0. The molecule has 0 aromatic heterocycles. The van der Waals surface area contributed by atoms with Crippen LogP contribution in [0.2, 0.25) is 0 Å². The molecule has 0 fully saturated rings. The average molecular weight is 204 g/mol. The van der Waals surface area contributed by atoms with Gasteiger partial charge in [-0.15, -0.1) is 0 Å². The Balaban J connectivity index is -0.000000563. The number of likely N-dealkylation sites (N-methyl/N-ethyl adjacent to an activating group) is 1. The van der Waals surface area contributed by atoms with E-state index >= 15 is 0 Å². The Morgan fingerprint density at radius 3 is 2.14 bits per heavy atom. The zero-order valence-electron chi connectivity index (χ0n) is 11.4. The van der Waals surface area contributed by atoms with E-state index in [0.29, 0.717) is 0 Å². The molecule has 0 aliphatic rings. The molecule has 1 rings (SSSR count). The molecular weight excluding hydrogens is 182 g/mol. The van der Waals surface area contributed by atoms with Crippen LogP contribution in [0.15, 0.2) is 30.3 Å². The molecule has 0 spiro atoms. The predicted octanol–water partition coefficient (Wildman–Crippen LogP) is 2.42. The smallest absolute Gasteiger partial charge is 1.00 e. The molecule has 0 atom stereocenters. The zero-order valence-corrected chi connectivity index (χ0v) is 10.8. The van der Waals surface area contributed by atoms with Gasteiger partial charge in [0.25, 0.3) is 0 Å². The first kappa shape index (κ1) is 13.9. The van der Waals surface area contributed by atoms with Crippen LogP contribution in [0.25, 0.3) is 0 Å². The molecule has 1 aromatic rings. The van der Waals surface area contributed by atoms with Gasteiger partial charge in [0.2, 0.25) is 0 Å². The molecule has 76 valence electrons. The van der Waals surface area contributed by atoms with Gasteiger partial charge in [0, 0.05) is 6.54 Å². The van der Waals surface area contributed by atoms with E-state index in [2.05, 4.69) is 49.1 Å². The Hall–Kier alpha value is -0.0538. The molecule has 0 saturated heterocycles. The van der Waals surface area contributed by atoms with Gasteiger partial charge < -0.3 is 7.75 Å². The maximum atomic E-state index is 2.45. The molecule has 14 heavy (non-hydrogen) atoms. The fraction of sp³-hybridized carbons (Fsp3) is 0.500. The summed E-state index contributed by atoms with van der Waals surface area (Å²) in [6, 6.07) is 10.7. The van der Waals surface area contributed by atoms with Gasteiger partial charge in [0.15, 0.2) is 0 Å². The van der Waals surface area contributed by atoms with E-state index < -0.39 is 0 Å². The van der Waals surface area contributed by atoms with Crippen molar-refractivity contribution in [2.75, 3.05) is 19.6 Å². The molecule has 0 amide bonds. The monoisotopic (exact) mass is 203 g/mol. The van der Waals surface area contributed by atoms with Gasteiger partial charge in [0.1, 0.15) is 0 Å². The predicted molar refractivity (Wildman–Crippen MR) is 65.9 cm³/mol. The van der Waals surface area contributed by atoms with Crippen LogP contribution >= 0.6 is 0 Å². The number of hydrogen-bond donors (Lipinski definition) is 0. The third-order valence-corrected chi connectivity index (χ3v) is 2.45. The van der Waals surface area contributed by atoms with E-state index in [1.807, 2.05) is 0 Å². The Morgan fingerprint density at radius 2 is 1.64 bits per heavy atom. The van der Waals surface area contributed by atoms with Gasteiger partial charge in [-0.1, -0.05) is 44.2 Å². The second-order valence-corrected chi connectivity index (χ2v) is 3.26. The molecule has 0 aliphatic carbocycles. The van der Waals surface area contributed by atoms with Crippen LogP contribution in [0.4, 0.5) is 0 Å². The van der Waals surface area contributed by atoms with Crippen molar-refractivity contribution < 1.29 is 2.85 Å². The van der Waals surface area contributed by atoms with Gasteiger partial charge >= 0.3 is 23.1 Å². The zero-order chi connectivity index (χ0) is 9.52. The molecule has 0 saturated carbocycles. The molecule has 2 heteroatoms. The van der Waals surface area contributed by atoms with Crippen LogP contribution in [0.3, 0.4) is 0 Å². The molecule has 1 nitrogen and oxygen atoms in total. The number of benzene rings is 1. The maximum absolute atomic E-state index is 2.45. The topological polar surface area (TPSA) is 3.24 Å². The largest absolute Gasteiger partial charge is 2.00 e. The first-order chi connectivity index (χ1) is 6.36. The minimum absolute atomic E-state index is 0. The van der Waals surface area contributed by atoms with Crippen molar-refractivity contribution in [1.29, 1.82) is 0 Å². The van der Waals surface area contributed by atoms with Crippen molar-refractivity contribution in [3.63, 3.8) is 0 Å². The van der Waals surface area contributed by atoms with E-state index in [1.54, 1.807) is 0 Å². The molecule has 0 heterocycles. The Labute approximate surface area is 107 Å². The molecule has 1 aromatic carbocycles. The van der Waals surface area contributed by atoms with E-state index in [0.717, 1.165) is 13.1 Å². The molecule has 0 N–H and O–H groups in total. The van der Waals surface area contributed by atoms with Crippen LogP contribution in [-0.4, -0.2) is 47.6 Å². The minimum atomic E-state index is 0. The average Bonchev–Trinajstić information content (AvgIpc) is 2.21. The van der Waals surface area contributed by atoms with E-state index in [1.165, 1.54) is 18.5 Å². The number of nitrogens with zero attached hydrogens (tertiary/aromatic N) is 1.